The molecule has 1 atom stereocenters. The first-order valence-corrected chi connectivity index (χ1v) is 11.7. The fraction of sp³-hybridized carbons (Fsp3) is 0.346. The van der Waals surface area contributed by atoms with Gasteiger partial charge in [-0.25, -0.2) is 9.78 Å². The SMILES string of the molecule is CCn1c(-c2nc3cc(C(=O)N4CCC[C@@H](NC(=O)O)C4)ccc3n2C)cc2ccc(C)cc21. The zero-order valence-corrected chi connectivity index (χ0v) is 19.7. The summed E-state index contributed by atoms with van der Waals surface area (Å²) in [6.07, 6.45) is 0.457. The maximum Gasteiger partial charge on any atom is 0.404 e. The molecule has 34 heavy (non-hydrogen) atoms. The summed E-state index contributed by atoms with van der Waals surface area (Å²) in [6.45, 7) is 6.07. The minimum atomic E-state index is -1.05. The van der Waals surface area contributed by atoms with Gasteiger partial charge in [0.1, 0.15) is 0 Å². The van der Waals surface area contributed by atoms with E-state index in [-0.39, 0.29) is 11.9 Å². The van der Waals surface area contributed by atoms with Crippen molar-refractivity contribution >= 4 is 33.9 Å². The molecular weight excluding hydrogens is 430 g/mol. The van der Waals surface area contributed by atoms with Crippen LogP contribution in [0.2, 0.25) is 0 Å². The van der Waals surface area contributed by atoms with Crippen LogP contribution in [0, 0.1) is 6.92 Å². The molecule has 4 aromatic rings. The molecule has 3 heterocycles. The van der Waals surface area contributed by atoms with E-state index in [1.54, 1.807) is 4.90 Å². The molecular formula is C26H29N5O3. The Morgan fingerprint density at radius 2 is 1.97 bits per heavy atom. The Kier molecular flexibility index (Phi) is 5.51. The van der Waals surface area contributed by atoms with Crippen LogP contribution in [0.5, 0.6) is 0 Å². The average molecular weight is 460 g/mol. The van der Waals surface area contributed by atoms with E-state index in [9.17, 15) is 9.59 Å². The highest BCUT2D eigenvalue weighted by Crippen LogP contribution is 2.31. The second-order valence-electron chi connectivity index (χ2n) is 9.07. The fourth-order valence-corrected chi connectivity index (χ4v) is 5.09. The molecule has 0 spiro atoms. The summed E-state index contributed by atoms with van der Waals surface area (Å²) in [4.78, 5) is 30.9. The number of aryl methyl sites for hydroxylation is 3. The highest BCUT2D eigenvalue weighted by molar-refractivity contribution is 5.98. The lowest BCUT2D eigenvalue weighted by molar-refractivity contribution is 0.0692. The Hall–Kier alpha value is -3.81. The van der Waals surface area contributed by atoms with Crippen LogP contribution in [0.15, 0.2) is 42.5 Å². The Balaban J connectivity index is 1.50. The largest absolute Gasteiger partial charge is 0.465 e. The number of rotatable bonds is 4. The lowest BCUT2D eigenvalue weighted by atomic mass is 10.0. The molecule has 1 saturated heterocycles. The van der Waals surface area contributed by atoms with Gasteiger partial charge in [0.2, 0.25) is 0 Å². The molecule has 2 aromatic carbocycles. The van der Waals surface area contributed by atoms with Crippen molar-refractivity contribution < 1.29 is 14.7 Å². The molecule has 0 radical (unpaired) electrons. The third kappa shape index (κ3) is 3.79. The first-order valence-electron chi connectivity index (χ1n) is 11.7. The quantitative estimate of drug-likeness (QED) is 0.473. The standard InChI is InChI=1S/C26H29N5O3/c1-4-31-22-12-16(2)7-8-17(22)14-23(31)24-28-20-13-18(9-10-21(20)29(24)3)25(32)30-11-5-6-19(15-30)27-26(33)34/h7-10,12-14,19,27H,4-6,11,15H2,1-3H3,(H,33,34)/t19-/m1/s1. The highest BCUT2D eigenvalue weighted by Gasteiger charge is 2.26. The van der Waals surface area contributed by atoms with Gasteiger partial charge < -0.3 is 24.5 Å². The number of imidazole rings is 1. The Bertz CT molecular complexity index is 1420. The molecule has 2 amide bonds. The first kappa shape index (κ1) is 22.0. The van der Waals surface area contributed by atoms with Crippen molar-refractivity contribution in [1.29, 1.82) is 0 Å². The number of likely N-dealkylation sites (tertiary alicyclic amines) is 1. The molecule has 1 aliphatic rings. The zero-order valence-electron chi connectivity index (χ0n) is 19.7. The average Bonchev–Trinajstić information content (AvgIpc) is 3.34. The van der Waals surface area contributed by atoms with E-state index in [0.717, 1.165) is 41.9 Å². The topological polar surface area (TPSA) is 92.4 Å². The molecule has 1 fully saturated rings. The summed E-state index contributed by atoms with van der Waals surface area (Å²) >= 11 is 0. The number of hydrogen-bond donors (Lipinski definition) is 2. The number of amides is 2. The number of hydrogen-bond acceptors (Lipinski definition) is 3. The van der Waals surface area contributed by atoms with Crippen LogP contribution in [-0.2, 0) is 13.6 Å². The van der Waals surface area contributed by atoms with Gasteiger partial charge in [0, 0.05) is 49.2 Å². The van der Waals surface area contributed by atoms with Crippen molar-refractivity contribution in [3.8, 4) is 11.5 Å². The lowest BCUT2D eigenvalue weighted by Gasteiger charge is -2.32. The maximum atomic E-state index is 13.2. The van der Waals surface area contributed by atoms with Gasteiger partial charge in [-0.2, -0.15) is 0 Å². The Morgan fingerprint density at radius 1 is 1.15 bits per heavy atom. The number of carbonyl (C=O) groups excluding carboxylic acids is 1. The van der Waals surface area contributed by atoms with Crippen LogP contribution >= 0.6 is 0 Å². The number of carboxylic acid groups (broad SMARTS) is 1. The number of piperidine rings is 1. The zero-order chi connectivity index (χ0) is 24.0. The predicted octanol–water partition coefficient (Wildman–Crippen LogP) is 4.40. The van der Waals surface area contributed by atoms with Crippen LogP contribution in [0.3, 0.4) is 0 Å². The summed E-state index contributed by atoms with van der Waals surface area (Å²) < 4.78 is 4.35. The van der Waals surface area contributed by atoms with Gasteiger partial charge in [0.15, 0.2) is 5.82 Å². The summed E-state index contributed by atoms with van der Waals surface area (Å²) in [5, 5.41) is 12.7. The smallest absolute Gasteiger partial charge is 0.404 e. The number of nitrogens with one attached hydrogen (secondary N) is 1. The summed E-state index contributed by atoms with van der Waals surface area (Å²) in [6, 6.07) is 14.0. The second kappa shape index (κ2) is 8.52. The third-order valence-corrected chi connectivity index (χ3v) is 6.77. The highest BCUT2D eigenvalue weighted by atomic mass is 16.4. The number of aromatic nitrogens is 3. The number of carbonyl (C=O) groups is 2. The van der Waals surface area contributed by atoms with Crippen molar-refractivity contribution in [3.63, 3.8) is 0 Å². The lowest BCUT2D eigenvalue weighted by Crippen LogP contribution is -2.49. The van der Waals surface area contributed by atoms with Crippen molar-refractivity contribution in [1.82, 2.24) is 24.3 Å². The second-order valence-corrected chi connectivity index (χ2v) is 9.07. The molecule has 2 aromatic heterocycles. The Labute approximate surface area is 197 Å². The number of benzene rings is 2. The minimum absolute atomic E-state index is 0.0934. The van der Waals surface area contributed by atoms with Crippen molar-refractivity contribution in [2.45, 2.75) is 39.3 Å². The summed E-state index contributed by atoms with van der Waals surface area (Å²) in [5.41, 5.74) is 5.76. The molecule has 0 unspecified atom stereocenters. The fourth-order valence-electron chi connectivity index (χ4n) is 5.09. The van der Waals surface area contributed by atoms with Gasteiger partial charge in [0.25, 0.3) is 5.91 Å². The molecule has 5 rings (SSSR count). The van der Waals surface area contributed by atoms with Crippen LogP contribution in [0.4, 0.5) is 4.79 Å². The van der Waals surface area contributed by atoms with Gasteiger partial charge in [-0.1, -0.05) is 12.1 Å². The molecule has 1 aliphatic heterocycles. The first-order chi connectivity index (χ1) is 16.4. The van der Waals surface area contributed by atoms with E-state index >= 15 is 0 Å². The van der Waals surface area contributed by atoms with Crippen LogP contribution in [0.1, 0.15) is 35.7 Å². The van der Waals surface area contributed by atoms with E-state index in [1.807, 2.05) is 25.2 Å². The van der Waals surface area contributed by atoms with Gasteiger partial charge in [-0.3, -0.25) is 4.79 Å². The van der Waals surface area contributed by atoms with Crippen molar-refractivity contribution in [3.05, 3.63) is 53.6 Å². The molecule has 0 saturated carbocycles. The van der Waals surface area contributed by atoms with E-state index in [0.29, 0.717) is 18.7 Å². The van der Waals surface area contributed by atoms with E-state index in [1.165, 1.54) is 16.5 Å². The summed E-state index contributed by atoms with van der Waals surface area (Å²) in [5.74, 6) is 0.767. The normalized spacial score (nSPS) is 16.3. The third-order valence-electron chi connectivity index (χ3n) is 6.77. The molecule has 0 bridgehead atoms. The number of fused-ring (bicyclic) bond motifs is 2. The van der Waals surface area contributed by atoms with Gasteiger partial charge in [-0.05, 0) is 62.6 Å². The van der Waals surface area contributed by atoms with E-state index < -0.39 is 6.09 Å². The van der Waals surface area contributed by atoms with Gasteiger partial charge >= 0.3 is 6.09 Å². The van der Waals surface area contributed by atoms with Gasteiger partial charge in [-0.15, -0.1) is 0 Å². The van der Waals surface area contributed by atoms with E-state index in [2.05, 4.69) is 52.6 Å². The Morgan fingerprint density at radius 3 is 2.74 bits per heavy atom. The van der Waals surface area contributed by atoms with Crippen LogP contribution in [0.25, 0.3) is 33.5 Å². The molecule has 176 valence electrons. The minimum Gasteiger partial charge on any atom is -0.465 e. The van der Waals surface area contributed by atoms with E-state index in [4.69, 9.17) is 10.1 Å². The van der Waals surface area contributed by atoms with Crippen molar-refractivity contribution in [2.24, 2.45) is 7.05 Å². The molecule has 2 N–H and O–H groups in total. The molecule has 8 nitrogen and oxygen atoms in total. The van der Waals surface area contributed by atoms with Crippen LogP contribution in [-0.4, -0.2) is 55.3 Å². The van der Waals surface area contributed by atoms with Gasteiger partial charge in [0.05, 0.1) is 16.7 Å². The molecule has 8 heteroatoms. The maximum absolute atomic E-state index is 13.2. The monoisotopic (exact) mass is 459 g/mol. The predicted molar refractivity (Wildman–Crippen MR) is 132 cm³/mol. The summed E-state index contributed by atoms with van der Waals surface area (Å²) in [7, 11) is 2.00. The van der Waals surface area contributed by atoms with Crippen molar-refractivity contribution in [2.75, 3.05) is 13.1 Å². The molecule has 0 aliphatic carbocycles. The number of nitrogens with zero attached hydrogens (tertiary/aromatic N) is 4. The van der Waals surface area contributed by atoms with Crippen LogP contribution < -0.4 is 5.32 Å².